The number of hydrogen-bond acceptors (Lipinski definition) is 3. The van der Waals surface area contributed by atoms with Gasteiger partial charge in [0.1, 0.15) is 0 Å². The molecule has 0 bridgehead atoms. The van der Waals surface area contributed by atoms with E-state index in [2.05, 4.69) is 21.9 Å². The van der Waals surface area contributed by atoms with Crippen LogP contribution < -0.4 is 15.8 Å². The van der Waals surface area contributed by atoms with E-state index in [1.54, 1.807) is 6.92 Å². The summed E-state index contributed by atoms with van der Waals surface area (Å²) in [6.07, 6.45) is -4.33. The van der Waals surface area contributed by atoms with Crippen LogP contribution in [0.5, 0.6) is 5.75 Å². The second-order valence-electron chi connectivity index (χ2n) is 3.73. The molecule has 1 aromatic carbocycles. The van der Waals surface area contributed by atoms with Gasteiger partial charge in [-0.2, -0.15) is 0 Å². The Hall–Kier alpha value is -2.36. The number of nitrogens with two attached hydrogens (primary N) is 1. The highest BCUT2D eigenvalue weighted by molar-refractivity contribution is 5.95. The lowest BCUT2D eigenvalue weighted by molar-refractivity contribution is -0.274. The van der Waals surface area contributed by atoms with E-state index < -0.39 is 18.0 Å². The van der Waals surface area contributed by atoms with Crippen LogP contribution in [-0.4, -0.2) is 18.8 Å². The van der Waals surface area contributed by atoms with Crippen LogP contribution in [0.25, 0.3) is 0 Å². The van der Waals surface area contributed by atoms with Crippen molar-refractivity contribution < 1.29 is 22.7 Å². The Bertz CT molecular complexity index is 545. The molecule has 3 N–H and O–H groups in total. The lowest BCUT2D eigenvalue weighted by Crippen LogP contribution is -2.24. The predicted molar refractivity (Wildman–Crippen MR) is 67.9 cm³/mol. The zero-order valence-electron chi connectivity index (χ0n) is 10.7. The maximum absolute atomic E-state index is 12.0. The third kappa shape index (κ3) is 5.10. The number of ether oxygens (including phenoxy) is 1. The highest BCUT2D eigenvalue weighted by atomic mass is 19.4. The van der Waals surface area contributed by atoms with Gasteiger partial charge in [-0.05, 0) is 25.1 Å². The average Bonchev–Trinajstić information content (AvgIpc) is 2.35. The van der Waals surface area contributed by atoms with Crippen molar-refractivity contribution in [2.24, 2.45) is 0 Å². The molecule has 0 aliphatic carbocycles. The summed E-state index contributed by atoms with van der Waals surface area (Å²) in [7, 11) is 0. The highest BCUT2D eigenvalue weighted by Crippen LogP contribution is 2.28. The van der Waals surface area contributed by atoms with Crippen molar-refractivity contribution in [3.63, 3.8) is 0 Å². The molecule has 7 heteroatoms. The summed E-state index contributed by atoms with van der Waals surface area (Å²) in [6.45, 7) is 2.03. The van der Waals surface area contributed by atoms with Gasteiger partial charge < -0.3 is 15.8 Å². The fraction of sp³-hybridized carbons (Fsp3) is 0.308. The van der Waals surface area contributed by atoms with Gasteiger partial charge in [-0.1, -0.05) is 0 Å². The Labute approximate surface area is 114 Å². The minimum Gasteiger partial charge on any atom is -0.404 e. The molecule has 1 aromatic rings. The van der Waals surface area contributed by atoms with E-state index in [4.69, 9.17) is 5.73 Å². The summed E-state index contributed by atoms with van der Waals surface area (Å²) in [4.78, 5) is 11.7. The average molecular weight is 286 g/mol. The number of amides is 1. The van der Waals surface area contributed by atoms with Gasteiger partial charge in [0, 0.05) is 18.5 Å². The molecule has 0 atom stereocenters. The molecule has 0 saturated heterocycles. The van der Waals surface area contributed by atoms with Gasteiger partial charge in [0.2, 0.25) is 0 Å². The van der Waals surface area contributed by atoms with Gasteiger partial charge in [0.15, 0.2) is 5.75 Å². The summed E-state index contributed by atoms with van der Waals surface area (Å²) in [5.41, 5.74) is 5.31. The maximum atomic E-state index is 12.0. The number of benzene rings is 1. The van der Waals surface area contributed by atoms with Crippen molar-refractivity contribution in [3.05, 3.63) is 23.8 Å². The quantitative estimate of drug-likeness (QED) is 0.507. The number of rotatable bonds is 4. The smallest absolute Gasteiger partial charge is 0.404 e. The molecule has 0 aromatic heterocycles. The SMILES string of the molecule is CC#CCCNC(=O)c1ccc(OC(F)(F)F)c(N)c1. The first-order valence-electron chi connectivity index (χ1n) is 5.66. The first kappa shape index (κ1) is 15.7. The third-order valence-electron chi connectivity index (χ3n) is 2.21. The molecule has 4 nitrogen and oxygen atoms in total. The molecule has 0 saturated carbocycles. The fourth-order valence-electron chi connectivity index (χ4n) is 1.37. The Morgan fingerprint density at radius 2 is 2.15 bits per heavy atom. The summed E-state index contributed by atoms with van der Waals surface area (Å²) >= 11 is 0. The molecule has 0 fully saturated rings. The van der Waals surface area contributed by atoms with Crippen molar-refractivity contribution in [1.82, 2.24) is 5.32 Å². The molecule has 0 heterocycles. The molecule has 1 amide bonds. The minimum atomic E-state index is -4.82. The van der Waals surface area contributed by atoms with Crippen molar-refractivity contribution >= 4 is 11.6 Å². The minimum absolute atomic E-state index is 0.154. The number of alkyl halides is 3. The Kier molecular flexibility index (Phi) is 5.26. The molecule has 0 aliphatic rings. The Morgan fingerprint density at radius 1 is 1.45 bits per heavy atom. The van der Waals surface area contributed by atoms with E-state index >= 15 is 0 Å². The normalized spacial score (nSPS) is 10.4. The van der Waals surface area contributed by atoms with Crippen LogP contribution in [0, 0.1) is 11.8 Å². The van der Waals surface area contributed by atoms with Crippen LogP contribution in [0.1, 0.15) is 23.7 Å². The largest absolute Gasteiger partial charge is 0.573 e. The van der Waals surface area contributed by atoms with E-state index in [1.807, 2.05) is 0 Å². The first-order valence-corrected chi connectivity index (χ1v) is 5.66. The third-order valence-corrected chi connectivity index (χ3v) is 2.21. The van der Waals surface area contributed by atoms with Crippen LogP contribution in [0.2, 0.25) is 0 Å². The number of nitrogen functional groups attached to an aromatic ring is 1. The summed E-state index contributed by atoms with van der Waals surface area (Å²) in [5, 5.41) is 2.57. The second-order valence-corrected chi connectivity index (χ2v) is 3.73. The highest BCUT2D eigenvalue weighted by Gasteiger charge is 2.32. The number of halogens is 3. The van der Waals surface area contributed by atoms with Gasteiger partial charge in [-0.3, -0.25) is 4.79 Å². The summed E-state index contributed by atoms with van der Waals surface area (Å²) < 4.78 is 39.9. The number of carbonyl (C=O) groups is 1. The molecule has 0 aliphatic heterocycles. The second kappa shape index (κ2) is 6.70. The van der Waals surface area contributed by atoms with Gasteiger partial charge >= 0.3 is 6.36 Å². The zero-order valence-corrected chi connectivity index (χ0v) is 10.7. The van der Waals surface area contributed by atoms with Gasteiger partial charge in [0.05, 0.1) is 5.69 Å². The van der Waals surface area contributed by atoms with Crippen LogP contribution >= 0.6 is 0 Å². The molecular weight excluding hydrogens is 273 g/mol. The number of carbonyl (C=O) groups excluding carboxylic acids is 1. The Balaban J connectivity index is 2.70. The molecule has 108 valence electrons. The molecule has 20 heavy (non-hydrogen) atoms. The van der Waals surface area contributed by atoms with Gasteiger partial charge in [-0.25, -0.2) is 0 Å². The first-order chi connectivity index (χ1) is 9.33. The molecule has 0 unspecified atom stereocenters. The molecular formula is C13H13F3N2O2. The van der Waals surface area contributed by atoms with Crippen LogP contribution in [0.3, 0.4) is 0 Å². The summed E-state index contributed by atoms with van der Waals surface area (Å²) in [5.74, 6) is 4.47. The number of anilines is 1. The van der Waals surface area contributed by atoms with E-state index in [9.17, 15) is 18.0 Å². The lowest BCUT2D eigenvalue weighted by Gasteiger charge is -2.12. The Morgan fingerprint density at radius 3 is 2.70 bits per heavy atom. The lowest BCUT2D eigenvalue weighted by atomic mass is 10.1. The van der Waals surface area contributed by atoms with Crippen molar-refractivity contribution in [3.8, 4) is 17.6 Å². The van der Waals surface area contributed by atoms with Crippen LogP contribution in [0.4, 0.5) is 18.9 Å². The van der Waals surface area contributed by atoms with Crippen molar-refractivity contribution in [2.45, 2.75) is 19.7 Å². The van der Waals surface area contributed by atoms with E-state index in [0.29, 0.717) is 13.0 Å². The van der Waals surface area contributed by atoms with Crippen molar-refractivity contribution in [1.29, 1.82) is 0 Å². The van der Waals surface area contributed by atoms with Gasteiger partial charge in [0.25, 0.3) is 5.91 Å². The number of nitrogens with one attached hydrogen (secondary N) is 1. The van der Waals surface area contributed by atoms with Crippen LogP contribution in [0.15, 0.2) is 18.2 Å². The molecule has 1 rings (SSSR count). The fourth-order valence-corrected chi connectivity index (χ4v) is 1.37. The maximum Gasteiger partial charge on any atom is 0.573 e. The molecule has 0 spiro atoms. The zero-order chi connectivity index (χ0) is 15.2. The van der Waals surface area contributed by atoms with E-state index in [-0.39, 0.29) is 11.3 Å². The topological polar surface area (TPSA) is 64.3 Å². The van der Waals surface area contributed by atoms with E-state index in [1.165, 1.54) is 6.07 Å². The monoisotopic (exact) mass is 286 g/mol. The van der Waals surface area contributed by atoms with Crippen LogP contribution in [-0.2, 0) is 0 Å². The summed E-state index contributed by atoms with van der Waals surface area (Å²) in [6, 6.07) is 3.34. The van der Waals surface area contributed by atoms with Crippen molar-refractivity contribution in [2.75, 3.05) is 12.3 Å². The molecule has 0 radical (unpaired) electrons. The number of hydrogen-bond donors (Lipinski definition) is 2. The van der Waals surface area contributed by atoms with Gasteiger partial charge in [-0.15, -0.1) is 25.0 Å². The standard InChI is InChI=1S/C13H13F3N2O2/c1-2-3-4-7-18-12(19)9-5-6-11(10(17)8-9)20-13(14,15)16/h5-6,8H,4,7,17H2,1H3,(H,18,19). The van der Waals surface area contributed by atoms with E-state index in [0.717, 1.165) is 12.1 Å². The predicted octanol–water partition coefficient (Wildman–Crippen LogP) is 2.31.